The second-order valence-electron chi connectivity index (χ2n) is 6.71. The van der Waals surface area contributed by atoms with Gasteiger partial charge in [-0.25, -0.2) is 4.79 Å². The summed E-state index contributed by atoms with van der Waals surface area (Å²) in [5.74, 6) is 1.37. The average Bonchev–Trinajstić information content (AvgIpc) is 3.28. The molecule has 4 rings (SSSR count). The van der Waals surface area contributed by atoms with Gasteiger partial charge in [0, 0.05) is 51.0 Å². The molecule has 3 aliphatic heterocycles. The van der Waals surface area contributed by atoms with Gasteiger partial charge in [-0.3, -0.25) is 9.69 Å². The molecule has 0 aromatic heterocycles. The Morgan fingerprint density at radius 2 is 1.81 bits per heavy atom. The first kappa shape index (κ1) is 17.0. The molecular formula is C18H24N4O4. The van der Waals surface area contributed by atoms with Crippen LogP contribution in [0.1, 0.15) is 6.92 Å². The van der Waals surface area contributed by atoms with Gasteiger partial charge in [-0.15, -0.1) is 0 Å². The summed E-state index contributed by atoms with van der Waals surface area (Å²) in [6.07, 6.45) is 0. The maximum Gasteiger partial charge on any atom is 0.325 e. The third kappa shape index (κ3) is 3.16. The Labute approximate surface area is 152 Å². The number of rotatable bonds is 4. The summed E-state index contributed by atoms with van der Waals surface area (Å²) in [7, 11) is 0. The molecule has 0 N–H and O–H groups in total. The van der Waals surface area contributed by atoms with Crippen LogP contribution in [0, 0.1) is 0 Å². The van der Waals surface area contributed by atoms with E-state index < -0.39 is 0 Å². The first-order chi connectivity index (χ1) is 12.7. The van der Waals surface area contributed by atoms with E-state index in [4.69, 9.17) is 9.47 Å². The number of likely N-dealkylation sites (N-methyl/N-ethyl adjacent to an activating group) is 1. The van der Waals surface area contributed by atoms with Crippen LogP contribution in [0.15, 0.2) is 18.2 Å². The Hall–Kier alpha value is -2.48. The van der Waals surface area contributed by atoms with Crippen LogP contribution < -0.4 is 14.4 Å². The highest BCUT2D eigenvalue weighted by Crippen LogP contribution is 2.36. The van der Waals surface area contributed by atoms with Crippen LogP contribution in [-0.4, -0.2) is 85.8 Å². The van der Waals surface area contributed by atoms with E-state index in [9.17, 15) is 9.59 Å². The molecule has 0 spiro atoms. The first-order valence-corrected chi connectivity index (χ1v) is 9.12. The lowest BCUT2D eigenvalue weighted by Crippen LogP contribution is -2.51. The van der Waals surface area contributed by atoms with Crippen molar-refractivity contribution in [2.24, 2.45) is 0 Å². The van der Waals surface area contributed by atoms with Crippen LogP contribution in [0.25, 0.3) is 0 Å². The van der Waals surface area contributed by atoms with Crippen molar-refractivity contribution in [2.45, 2.75) is 6.92 Å². The number of piperazine rings is 1. The zero-order valence-corrected chi connectivity index (χ0v) is 15.0. The molecule has 0 atom stereocenters. The maximum absolute atomic E-state index is 12.7. The molecule has 26 heavy (non-hydrogen) atoms. The van der Waals surface area contributed by atoms with Gasteiger partial charge in [0.25, 0.3) is 0 Å². The molecule has 8 nitrogen and oxygen atoms in total. The average molecular weight is 360 g/mol. The number of anilines is 1. The lowest BCUT2D eigenvalue weighted by atomic mass is 10.2. The number of ether oxygens (including phenoxy) is 2. The van der Waals surface area contributed by atoms with E-state index in [1.807, 2.05) is 23.1 Å². The quantitative estimate of drug-likeness (QED) is 0.795. The third-order valence-electron chi connectivity index (χ3n) is 5.26. The lowest BCUT2D eigenvalue weighted by molar-refractivity contribution is -0.133. The minimum atomic E-state index is -0.135. The lowest BCUT2D eigenvalue weighted by Gasteiger charge is -2.34. The van der Waals surface area contributed by atoms with E-state index in [1.165, 1.54) is 0 Å². The summed E-state index contributed by atoms with van der Waals surface area (Å²) < 4.78 is 10.7. The molecule has 0 bridgehead atoms. The first-order valence-electron chi connectivity index (χ1n) is 9.12. The van der Waals surface area contributed by atoms with Crippen molar-refractivity contribution in [3.63, 3.8) is 0 Å². The minimum Gasteiger partial charge on any atom is -0.454 e. The van der Waals surface area contributed by atoms with Gasteiger partial charge >= 0.3 is 6.03 Å². The number of hydrogen-bond acceptors (Lipinski definition) is 5. The van der Waals surface area contributed by atoms with Crippen molar-refractivity contribution in [3.05, 3.63) is 18.2 Å². The summed E-state index contributed by atoms with van der Waals surface area (Å²) in [5, 5.41) is 0. The zero-order chi connectivity index (χ0) is 18.1. The van der Waals surface area contributed by atoms with Crippen molar-refractivity contribution in [1.29, 1.82) is 0 Å². The predicted molar refractivity (Wildman–Crippen MR) is 95.6 cm³/mol. The highest BCUT2D eigenvalue weighted by Gasteiger charge is 2.33. The van der Waals surface area contributed by atoms with Gasteiger partial charge < -0.3 is 24.2 Å². The van der Waals surface area contributed by atoms with Gasteiger partial charge in [0.1, 0.15) is 6.54 Å². The fraction of sp³-hybridized carbons (Fsp3) is 0.556. The molecule has 3 amide bonds. The zero-order valence-electron chi connectivity index (χ0n) is 15.0. The second-order valence-corrected chi connectivity index (χ2v) is 6.71. The number of amides is 3. The van der Waals surface area contributed by atoms with Gasteiger partial charge in [-0.1, -0.05) is 6.92 Å². The smallest absolute Gasteiger partial charge is 0.325 e. The van der Waals surface area contributed by atoms with E-state index in [0.717, 1.165) is 38.4 Å². The molecule has 2 fully saturated rings. The highest BCUT2D eigenvalue weighted by molar-refractivity contribution is 5.96. The molecule has 2 saturated heterocycles. The molecule has 1 aromatic carbocycles. The summed E-state index contributed by atoms with van der Waals surface area (Å²) in [4.78, 5) is 32.8. The van der Waals surface area contributed by atoms with E-state index in [1.54, 1.807) is 9.80 Å². The van der Waals surface area contributed by atoms with E-state index in [2.05, 4.69) is 11.8 Å². The van der Waals surface area contributed by atoms with Gasteiger partial charge in [0.15, 0.2) is 11.5 Å². The van der Waals surface area contributed by atoms with E-state index >= 15 is 0 Å². The number of urea groups is 1. The predicted octanol–water partition coefficient (Wildman–Crippen LogP) is 0.821. The summed E-state index contributed by atoms with van der Waals surface area (Å²) in [6.45, 7) is 7.89. The van der Waals surface area contributed by atoms with Crippen molar-refractivity contribution in [2.75, 3.05) is 64.1 Å². The van der Waals surface area contributed by atoms with Crippen LogP contribution in [-0.2, 0) is 4.79 Å². The molecule has 8 heteroatoms. The second kappa shape index (κ2) is 7.03. The third-order valence-corrected chi connectivity index (χ3v) is 5.26. The maximum atomic E-state index is 12.7. The normalized spacial score (nSPS) is 20.2. The Morgan fingerprint density at radius 1 is 1.04 bits per heavy atom. The van der Waals surface area contributed by atoms with Crippen LogP contribution in [0.4, 0.5) is 10.5 Å². The van der Waals surface area contributed by atoms with Gasteiger partial charge in [-0.2, -0.15) is 0 Å². The molecule has 0 saturated carbocycles. The molecule has 0 unspecified atom stereocenters. The number of fused-ring (bicyclic) bond motifs is 1. The SMILES string of the molecule is CCN1CCN(C(=O)CN2CCN(c3ccc4c(c3)OCO4)C2=O)CC1. The Kier molecular flexibility index (Phi) is 4.58. The van der Waals surface area contributed by atoms with Gasteiger partial charge in [-0.05, 0) is 18.7 Å². The molecule has 140 valence electrons. The Balaban J connectivity index is 1.36. The summed E-state index contributed by atoms with van der Waals surface area (Å²) >= 11 is 0. The fourth-order valence-electron chi connectivity index (χ4n) is 3.60. The number of carbonyl (C=O) groups is 2. The summed E-state index contributed by atoms with van der Waals surface area (Å²) in [5.41, 5.74) is 0.769. The number of carbonyl (C=O) groups excluding carboxylic acids is 2. The Morgan fingerprint density at radius 3 is 2.58 bits per heavy atom. The van der Waals surface area contributed by atoms with Crippen LogP contribution >= 0.6 is 0 Å². The van der Waals surface area contributed by atoms with Gasteiger partial charge in [0.05, 0.1) is 0 Å². The Bertz CT molecular complexity index is 702. The molecular weight excluding hydrogens is 336 g/mol. The number of nitrogens with zero attached hydrogens (tertiary/aromatic N) is 4. The number of benzene rings is 1. The van der Waals surface area contributed by atoms with Crippen LogP contribution in [0.3, 0.4) is 0 Å². The monoisotopic (exact) mass is 360 g/mol. The van der Waals surface area contributed by atoms with Crippen molar-refractivity contribution in [1.82, 2.24) is 14.7 Å². The largest absolute Gasteiger partial charge is 0.454 e. The van der Waals surface area contributed by atoms with Crippen molar-refractivity contribution in [3.8, 4) is 11.5 Å². The molecule has 1 aromatic rings. The molecule has 0 aliphatic carbocycles. The topological polar surface area (TPSA) is 65.6 Å². The molecule has 0 radical (unpaired) electrons. The van der Waals surface area contributed by atoms with Crippen molar-refractivity contribution < 1.29 is 19.1 Å². The van der Waals surface area contributed by atoms with Crippen molar-refractivity contribution >= 4 is 17.6 Å². The van der Waals surface area contributed by atoms with Crippen LogP contribution in [0.2, 0.25) is 0 Å². The van der Waals surface area contributed by atoms with E-state index in [-0.39, 0.29) is 25.3 Å². The standard InChI is InChI=1S/C18H24N4O4/c1-2-19-5-7-20(8-6-19)17(23)12-21-9-10-22(18(21)24)14-3-4-15-16(11-14)26-13-25-15/h3-4,11H,2,5-10,12-13H2,1H3. The molecule has 3 heterocycles. The molecule has 3 aliphatic rings. The van der Waals surface area contributed by atoms with Crippen LogP contribution in [0.5, 0.6) is 11.5 Å². The van der Waals surface area contributed by atoms with Gasteiger partial charge in [0.2, 0.25) is 12.7 Å². The summed E-state index contributed by atoms with van der Waals surface area (Å²) in [6, 6.07) is 5.34. The fourth-order valence-corrected chi connectivity index (χ4v) is 3.60. The minimum absolute atomic E-state index is 0.0293. The number of hydrogen-bond donors (Lipinski definition) is 0. The van der Waals surface area contributed by atoms with E-state index in [0.29, 0.717) is 24.6 Å². The highest BCUT2D eigenvalue weighted by atomic mass is 16.7.